The van der Waals surface area contributed by atoms with Crippen molar-refractivity contribution in [2.45, 2.75) is 19.1 Å². The molecule has 38 heavy (non-hydrogen) atoms. The van der Waals surface area contributed by atoms with Crippen molar-refractivity contribution in [1.29, 1.82) is 0 Å². The SMILES string of the molecule is COc1ccccc1CNC(=O)[C@H](c1ccccc1)N(Cc1ccc(F)cc1)C(=O)COc1ccccc1. The predicted octanol–water partition coefficient (Wildman–Crippen LogP) is 5.30. The average molecular weight is 513 g/mol. The van der Waals surface area contributed by atoms with Gasteiger partial charge in [0.05, 0.1) is 7.11 Å². The van der Waals surface area contributed by atoms with Gasteiger partial charge in [0.25, 0.3) is 5.91 Å². The maximum atomic E-state index is 13.7. The number of carbonyl (C=O) groups excluding carboxylic acids is 2. The first-order chi connectivity index (χ1) is 18.5. The first-order valence-corrected chi connectivity index (χ1v) is 12.2. The van der Waals surface area contributed by atoms with Gasteiger partial charge in [-0.05, 0) is 41.5 Å². The highest BCUT2D eigenvalue weighted by Gasteiger charge is 2.32. The first-order valence-electron chi connectivity index (χ1n) is 12.2. The monoisotopic (exact) mass is 512 g/mol. The van der Waals surface area contributed by atoms with E-state index in [1.54, 1.807) is 43.5 Å². The number of methoxy groups -OCH3 is 1. The van der Waals surface area contributed by atoms with Crippen molar-refractivity contribution >= 4 is 11.8 Å². The van der Waals surface area contributed by atoms with E-state index >= 15 is 0 Å². The number of hydrogen-bond acceptors (Lipinski definition) is 4. The molecule has 1 atom stereocenters. The van der Waals surface area contributed by atoms with Crippen LogP contribution in [0.5, 0.6) is 11.5 Å². The molecule has 1 N–H and O–H groups in total. The zero-order valence-corrected chi connectivity index (χ0v) is 21.0. The van der Waals surface area contributed by atoms with Gasteiger partial charge < -0.3 is 19.7 Å². The summed E-state index contributed by atoms with van der Waals surface area (Å²) < 4.78 is 24.7. The molecule has 0 aromatic heterocycles. The van der Waals surface area contributed by atoms with Gasteiger partial charge in [-0.25, -0.2) is 4.39 Å². The topological polar surface area (TPSA) is 67.9 Å². The highest BCUT2D eigenvalue weighted by atomic mass is 19.1. The molecular formula is C31H29FN2O4. The quantitative estimate of drug-likeness (QED) is 0.296. The lowest BCUT2D eigenvalue weighted by Gasteiger charge is -2.31. The van der Waals surface area contributed by atoms with Gasteiger partial charge in [0.1, 0.15) is 23.4 Å². The molecule has 0 unspecified atom stereocenters. The van der Waals surface area contributed by atoms with Crippen molar-refractivity contribution in [3.8, 4) is 11.5 Å². The van der Waals surface area contributed by atoms with Crippen LogP contribution >= 0.6 is 0 Å². The third kappa shape index (κ3) is 6.97. The van der Waals surface area contributed by atoms with E-state index in [0.29, 0.717) is 22.6 Å². The number of para-hydroxylation sites is 2. The molecule has 0 aliphatic carbocycles. The number of hydrogen-bond donors (Lipinski definition) is 1. The lowest BCUT2D eigenvalue weighted by molar-refractivity contribution is -0.143. The molecule has 6 nitrogen and oxygen atoms in total. The number of nitrogens with zero attached hydrogens (tertiary/aromatic N) is 1. The van der Waals surface area contributed by atoms with E-state index in [1.807, 2.05) is 60.7 Å². The van der Waals surface area contributed by atoms with Crippen LogP contribution in [-0.4, -0.2) is 30.4 Å². The molecule has 4 aromatic rings. The molecule has 7 heteroatoms. The lowest BCUT2D eigenvalue weighted by atomic mass is 10.0. The van der Waals surface area contributed by atoms with Crippen molar-refractivity contribution in [3.63, 3.8) is 0 Å². The van der Waals surface area contributed by atoms with Crippen LogP contribution in [0, 0.1) is 5.82 Å². The van der Waals surface area contributed by atoms with Crippen molar-refractivity contribution in [2.24, 2.45) is 0 Å². The maximum Gasteiger partial charge on any atom is 0.261 e. The van der Waals surface area contributed by atoms with Gasteiger partial charge >= 0.3 is 0 Å². The van der Waals surface area contributed by atoms with Crippen molar-refractivity contribution < 1.29 is 23.5 Å². The average Bonchev–Trinajstić information content (AvgIpc) is 2.96. The highest BCUT2D eigenvalue weighted by Crippen LogP contribution is 2.25. The van der Waals surface area contributed by atoms with Gasteiger partial charge in [-0.1, -0.05) is 78.9 Å². The maximum absolute atomic E-state index is 13.7. The summed E-state index contributed by atoms with van der Waals surface area (Å²) in [5, 5.41) is 2.96. The minimum atomic E-state index is -0.956. The number of halogens is 1. The fourth-order valence-corrected chi connectivity index (χ4v) is 4.09. The summed E-state index contributed by atoms with van der Waals surface area (Å²) in [7, 11) is 1.57. The summed E-state index contributed by atoms with van der Waals surface area (Å²) >= 11 is 0. The third-order valence-electron chi connectivity index (χ3n) is 6.01. The molecular weight excluding hydrogens is 483 g/mol. The molecule has 0 aliphatic heterocycles. The van der Waals surface area contributed by atoms with Crippen molar-refractivity contribution in [2.75, 3.05) is 13.7 Å². The smallest absolute Gasteiger partial charge is 0.261 e. The van der Waals surface area contributed by atoms with E-state index in [-0.39, 0.29) is 37.3 Å². The van der Waals surface area contributed by atoms with Crippen LogP contribution < -0.4 is 14.8 Å². The molecule has 0 heterocycles. The Morgan fingerprint density at radius 1 is 0.842 bits per heavy atom. The molecule has 0 radical (unpaired) electrons. The second-order valence-electron chi connectivity index (χ2n) is 8.59. The van der Waals surface area contributed by atoms with Crippen LogP contribution in [0.2, 0.25) is 0 Å². The summed E-state index contributed by atoms with van der Waals surface area (Å²) in [6.45, 7) is 0.0263. The Kier molecular flexibility index (Phi) is 9.07. The van der Waals surface area contributed by atoms with Crippen LogP contribution in [0.15, 0.2) is 109 Å². The number of amides is 2. The van der Waals surface area contributed by atoms with E-state index in [0.717, 1.165) is 5.56 Å². The minimum absolute atomic E-state index is 0.0822. The van der Waals surface area contributed by atoms with E-state index in [4.69, 9.17) is 9.47 Å². The molecule has 194 valence electrons. The second kappa shape index (κ2) is 13.1. The molecule has 0 fully saturated rings. The van der Waals surface area contributed by atoms with Crippen LogP contribution in [0.4, 0.5) is 4.39 Å². The van der Waals surface area contributed by atoms with Crippen LogP contribution in [0.3, 0.4) is 0 Å². The van der Waals surface area contributed by atoms with Gasteiger partial charge in [0.15, 0.2) is 6.61 Å². The van der Waals surface area contributed by atoms with Gasteiger partial charge in [-0.15, -0.1) is 0 Å². The van der Waals surface area contributed by atoms with Gasteiger partial charge in [0.2, 0.25) is 5.91 Å². The Hall–Kier alpha value is -4.65. The fraction of sp³-hybridized carbons (Fsp3) is 0.161. The Morgan fingerprint density at radius 2 is 1.47 bits per heavy atom. The molecule has 0 spiro atoms. The second-order valence-corrected chi connectivity index (χ2v) is 8.59. The Balaban J connectivity index is 1.63. The zero-order chi connectivity index (χ0) is 26.7. The molecule has 0 saturated carbocycles. The van der Waals surface area contributed by atoms with E-state index in [2.05, 4.69) is 5.32 Å². The predicted molar refractivity (Wildman–Crippen MR) is 143 cm³/mol. The molecule has 0 saturated heterocycles. The summed E-state index contributed by atoms with van der Waals surface area (Å²) in [4.78, 5) is 28.8. The van der Waals surface area contributed by atoms with Crippen molar-refractivity contribution in [3.05, 3.63) is 132 Å². The molecule has 4 aromatic carbocycles. The lowest BCUT2D eigenvalue weighted by Crippen LogP contribution is -2.45. The molecule has 4 rings (SSSR count). The van der Waals surface area contributed by atoms with E-state index < -0.39 is 6.04 Å². The molecule has 2 amide bonds. The first kappa shape index (κ1) is 26.4. The summed E-state index contributed by atoms with van der Waals surface area (Å²) in [5.74, 6) is 0.0592. The normalized spacial score (nSPS) is 11.3. The summed E-state index contributed by atoms with van der Waals surface area (Å²) in [5.41, 5.74) is 2.12. The Labute approximate surface area is 221 Å². The Morgan fingerprint density at radius 3 is 2.16 bits per heavy atom. The highest BCUT2D eigenvalue weighted by molar-refractivity contribution is 5.89. The van der Waals surface area contributed by atoms with Gasteiger partial charge in [-0.2, -0.15) is 0 Å². The number of nitrogens with one attached hydrogen (secondary N) is 1. The number of carbonyl (C=O) groups is 2. The zero-order valence-electron chi connectivity index (χ0n) is 21.0. The van der Waals surface area contributed by atoms with E-state index in [9.17, 15) is 14.0 Å². The van der Waals surface area contributed by atoms with Crippen LogP contribution in [-0.2, 0) is 22.7 Å². The number of benzene rings is 4. The van der Waals surface area contributed by atoms with E-state index in [1.165, 1.54) is 17.0 Å². The largest absolute Gasteiger partial charge is 0.496 e. The van der Waals surface area contributed by atoms with Crippen molar-refractivity contribution in [1.82, 2.24) is 10.2 Å². The summed E-state index contributed by atoms with van der Waals surface area (Å²) in [6.07, 6.45) is 0. The van der Waals surface area contributed by atoms with Crippen LogP contribution in [0.25, 0.3) is 0 Å². The third-order valence-corrected chi connectivity index (χ3v) is 6.01. The minimum Gasteiger partial charge on any atom is -0.496 e. The Bertz CT molecular complexity index is 1330. The number of rotatable bonds is 11. The van der Waals surface area contributed by atoms with Crippen LogP contribution in [0.1, 0.15) is 22.7 Å². The standard InChI is InChI=1S/C31H29FN2O4/c1-37-28-15-9-8-12-25(28)20-33-31(36)30(24-10-4-2-5-11-24)34(21-23-16-18-26(32)19-17-23)29(35)22-38-27-13-6-3-7-14-27/h2-19,30H,20-22H2,1H3,(H,33,36)/t30-/m0/s1. The molecule has 0 aliphatic rings. The summed E-state index contributed by atoms with van der Waals surface area (Å²) in [6, 6.07) is 30.4. The van der Waals surface area contributed by atoms with Gasteiger partial charge in [-0.3, -0.25) is 9.59 Å². The molecule has 0 bridgehead atoms. The number of ether oxygens (including phenoxy) is 2. The van der Waals surface area contributed by atoms with Gasteiger partial charge in [0, 0.05) is 18.7 Å². The fourth-order valence-electron chi connectivity index (χ4n) is 4.09.